The summed E-state index contributed by atoms with van der Waals surface area (Å²) in [5.41, 5.74) is 7.39. The second-order valence-corrected chi connectivity index (χ2v) is 3.50. The highest BCUT2D eigenvalue weighted by atomic mass is 15.2. The number of hydrogen-bond acceptors (Lipinski definition) is 4. The van der Waals surface area contributed by atoms with E-state index >= 15 is 0 Å². The average molecular weight is 188 g/mol. The number of rotatable bonds is 1. The molecular formula is C10H12N4. The standard InChI is InChI=1S/C10H12N4/c11-5-8-1-3-13-6-10(8)14-4-2-9(12)7-14/h1,3,6,9H,2,4,7,12H2. The molecule has 0 radical (unpaired) electrons. The Kier molecular flexibility index (Phi) is 2.33. The molecule has 0 aromatic carbocycles. The highest BCUT2D eigenvalue weighted by Gasteiger charge is 2.21. The van der Waals surface area contributed by atoms with Gasteiger partial charge in [-0.1, -0.05) is 0 Å². The normalized spacial score (nSPS) is 20.9. The topological polar surface area (TPSA) is 65.9 Å². The summed E-state index contributed by atoms with van der Waals surface area (Å²) in [6, 6.07) is 4.12. The lowest BCUT2D eigenvalue weighted by Crippen LogP contribution is -2.26. The summed E-state index contributed by atoms with van der Waals surface area (Å²) in [6.45, 7) is 1.74. The molecule has 1 aromatic heterocycles. The van der Waals surface area contributed by atoms with Crippen molar-refractivity contribution >= 4 is 5.69 Å². The van der Waals surface area contributed by atoms with Crippen molar-refractivity contribution in [2.45, 2.75) is 12.5 Å². The second kappa shape index (κ2) is 3.64. The van der Waals surface area contributed by atoms with Crippen LogP contribution < -0.4 is 10.6 Å². The van der Waals surface area contributed by atoms with Crippen LogP contribution in [0.2, 0.25) is 0 Å². The number of anilines is 1. The van der Waals surface area contributed by atoms with Gasteiger partial charge in [0, 0.05) is 25.3 Å². The van der Waals surface area contributed by atoms with Crippen LogP contribution in [0.15, 0.2) is 18.5 Å². The summed E-state index contributed by atoms with van der Waals surface area (Å²) in [5, 5.41) is 8.91. The molecule has 1 aromatic rings. The Bertz CT molecular complexity index is 369. The van der Waals surface area contributed by atoms with Gasteiger partial charge in [-0.15, -0.1) is 0 Å². The maximum absolute atomic E-state index is 8.91. The Labute approximate surface area is 83.0 Å². The van der Waals surface area contributed by atoms with Crippen LogP contribution in [0.3, 0.4) is 0 Å². The zero-order valence-electron chi connectivity index (χ0n) is 7.85. The van der Waals surface area contributed by atoms with Gasteiger partial charge in [0.15, 0.2) is 0 Å². The van der Waals surface area contributed by atoms with Crippen LogP contribution in [-0.4, -0.2) is 24.1 Å². The summed E-state index contributed by atoms with van der Waals surface area (Å²) in [7, 11) is 0. The van der Waals surface area contributed by atoms with E-state index in [1.165, 1.54) is 0 Å². The molecule has 2 heterocycles. The molecule has 2 N–H and O–H groups in total. The number of nitrogens with two attached hydrogens (primary N) is 1. The molecule has 14 heavy (non-hydrogen) atoms. The maximum Gasteiger partial charge on any atom is 0.101 e. The van der Waals surface area contributed by atoms with Gasteiger partial charge in [0.05, 0.1) is 17.4 Å². The lowest BCUT2D eigenvalue weighted by molar-refractivity contribution is 0.752. The summed E-state index contributed by atoms with van der Waals surface area (Å²) in [4.78, 5) is 6.15. The molecular weight excluding hydrogens is 176 g/mol. The Morgan fingerprint density at radius 2 is 2.50 bits per heavy atom. The number of nitrogens with zero attached hydrogens (tertiary/aromatic N) is 3. The van der Waals surface area contributed by atoms with E-state index in [0.29, 0.717) is 5.56 Å². The second-order valence-electron chi connectivity index (χ2n) is 3.50. The van der Waals surface area contributed by atoms with Crippen LogP contribution in [0.25, 0.3) is 0 Å². The third-order valence-corrected chi connectivity index (χ3v) is 2.49. The molecule has 1 saturated heterocycles. The van der Waals surface area contributed by atoms with Crippen LogP contribution in [-0.2, 0) is 0 Å². The first-order valence-corrected chi connectivity index (χ1v) is 4.66. The minimum Gasteiger partial charge on any atom is -0.368 e. The van der Waals surface area contributed by atoms with Gasteiger partial charge >= 0.3 is 0 Å². The van der Waals surface area contributed by atoms with Crippen molar-refractivity contribution in [3.8, 4) is 6.07 Å². The number of pyridine rings is 1. The SMILES string of the molecule is N#Cc1ccncc1N1CCC(N)C1. The van der Waals surface area contributed by atoms with E-state index in [-0.39, 0.29) is 6.04 Å². The fourth-order valence-electron chi connectivity index (χ4n) is 1.74. The molecule has 0 aliphatic carbocycles. The molecule has 0 bridgehead atoms. The zero-order chi connectivity index (χ0) is 9.97. The van der Waals surface area contributed by atoms with Crippen LogP contribution in [0, 0.1) is 11.3 Å². The Balaban J connectivity index is 2.28. The summed E-state index contributed by atoms with van der Waals surface area (Å²) < 4.78 is 0. The first kappa shape index (κ1) is 8.97. The highest BCUT2D eigenvalue weighted by Crippen LogP contribution is 2.22. The molecule has 0 amide bonds. The van der Waals surface area contributed by atoms with E-state index in [0.717, 1.165) is 25.2 Å². The monoisotopic (exact) mass is 188 g/mol. The molecule has 4 nitrogen and oxygen atoms in total. The van der Waals surface area contributed by atoms with Crippen LogP contribution in [0.4, 0.5) is 5.69 Å². The Morgan fingerprint density at radius 3 is 3.14 bits per heavy atom. The van der Waals surface area contributed by atoms with E-state index in [4.69, 9.17) is 11.0 Å². The van der Waals surface area contributed by atoms with Crippen molar-refractivity contribution in [1.29, 1.82) is 5.26 Å². The number of aromatic nitrogens is 1. The summed E-state index contributed by atoms with van der Waals surface area (Å²) in [5.74, 6) is 0. The largest absolute Gasteiger partial charge is 0.368 e. The van der Waals surface area contributed by atoms with Gasteiger partial charge in [0.1, 0.15) is 6.07 Å². The first-order chi connectivity index (χ1) is 6.81. The Morgan fingerprint density at radius 1 is 1.64 bits per heavy atom. The Hall–Kier alpha value is -1.60. The quantitative estimate of drug-likeness (QED) is 0.696. The van der Waals surface area contributed by atoms with Gasteiger partial charge in [0.2, 0.25) is 0 Å². The molecule has 1 unspecified atom stereocenters. The third kappa shape index (κ3) is 1.54. The predicted octanol–water partition coefficient (Wildman–Crippen LogP) is 0.491. The molecule has 0 saturated carbocycles. The molecule has 4 heteroatoms. The van der Waals surface area contributed by atoms with Crippen molar-refractivity contribution in [1.82, 2.24) is 4.98 Å². The van der Waals surface area contributed by atoms with Crippen molar-refractivity contribution < 1.29 is 0 Å². The maximum atomic E-state index is 8.91. The van der Waals surface area contributed by atoms with E-state index in [1.807, 2.05) is 0 Å². The fourth-order valence-corrected chi connectivity index (χ4v) is 1.74. The van der Waals surface area contributed by atoms with E-state index < -0.39 is 0 Å². The molecule has 1 fully saturated rings. The van der Waals surface area contributed by atoms with Crippen LogP contribution in [0.5, 0.6) is 0 Å². The van der Waals surface area contributed by atoms with Crippen molar-refractivity contribution in [2.24, 2.45) is 5.73 Å². The predicted molar refractivity (Wildman–Crippen MR) is 53.8 cm³/mol. The van der Waals surface area contributed by atoms with Crippen LogP contribution in [0.1, 0.15) is 12.0 Å². The zero-order valence-corrected chi connectivity index (χ0v) is 7.85. The van der Waals surface area contributed by atoms with Gasteiger partial charge in [-0.25, -0.2) is 0 Å². The van der Waals surface area contributed by atoms with Crippen molar-refractivity contribution in [2.75, 3.05) is 18.0 Å². The number of nitriles is 1. The minimum absolute atomic E-state index is 0.224. The van der Waals surface area contributed by atoms with E-state index in [1.54, 1.807) is 18.5 Å². The lowest BCUT2D eigenvalue weighted by Gasteiger charge is -2.18. The molecule has 1 aliphatic heterocycles. The fraction of sp³-hybridized carbons (Fsp3) is 0.400. The lowest BCUT2D eigenvalue weighted by atomic mass is 10.2. The molecule has 72 valence electrons. The average Bonchev–Trinajstić information content (AvgIpc) is 2.65. The van der Waals surface area contributed by atoms with Gasteiger partial charge in [-0.2, -0.15) is 5.26 Å². The van der Waals surface area contributed by atoms with Gasteiger partial charge < -0.3 is 10.6 Å². The summed E-state index contributed by atoms with van der Waals surface area (Å²) >= 11 is 0. The summed E-state index contributed by atoms with van der Waals surface area (Å²) in [6.07, 6.45) is 4.36. The molecule has 1 atom stereocenters. The van der Waals surface area contributed by atoms with Gasteiger partial charge in [-0.3, -0.25) is 4.98 Å². The third-order valence-electron chi connectivity index (χ3n) is 2.49. The number of hydrogen-bond donors (Lipinski definition) is 1. The molecule has 1 aliphatic rings. The highest BCUT2D eigenvalue weighted by molar-refractivity contribution is 5.58. The van der Waals surface area contributed by atoms with Gasteiger partial charge in [-0.05, 0) is 12.5 Å². The van der Waals surface area contributed by atoms with Crippen molar-refractivity contribution in [3.05, 3.63) is 24.0 Å². The van der Waals surface area contributed by atoms with E-state index in [9.17, 15) is 0 Å². The van der Waals surface area contributed by atoms with E-state index in [2.05, 4.69) is 16.0 Å². The van der Waals surface area contributed by atoms with Crippen molar-refractivity contribution in [3.63, 3.8) is 0 Å². The first-order valence-electron chi connectivity index (χ1n) is 4.66. The minimum atomic E-state index is 0.224. The molecule has 0 spiro atoms. The van der Waals surface area contributed by atoms with Crippen LogP contribution >= 0.6 is 0 Å². The van der Waals surface area contributed by atoms with Gasteiger partial charge in [0.25, 0.3) is 0 Å². The smallest absolute Gasteiger partial charge is 0.101 e. The molecule has 2 rings (SSSR count).